The van der Waals surface area contributed by atoms with Crippen molar-refractivity contribution >= 4 is 39.8 Å². The van der Waals surface area contributed by atoms with Crippen molar-refractivity contribution in [3.05, 3.63) is 10.6 Å². The Kier molecular flexibility index (Phi) is 6.22. The van der Waals surface area contributed by atoms with Crippen LogP contribution >= 0.6 is 11.8 Å². The van der Waals surface area contributed by atoms with Crippen molar-refractivity contribution < 1.29 is 27.9 Å². The third-order valence-electron chi connectivity index (χ3n) is 5.80. The van der Waals surface area contributed by atoms with Crippen molar-refractivity contribution in [1.29, 1.82) is 0 Å². The number of fused-ring (bicyclic) bond motifs is 1. The number of rotatable bonds is 7. The fourth-order valence-corrected chi connectivity index (χ4v) is 6.64. The number of hydrogen-bond acceptors (Lipinski definition) is 7. The third kappa shape index (κ3) is 4.08. The van der Waals surface area contributed by atoms with Gasteiger partial charge in [-0.05, 0) is 13.3 Å². The van der Waals surface area contributed by atoms with E-state index in [0.717, 1.165) is 0 Å². The van der Waals surface area contributed by atoms with E-state index in [1.807, 2.05) is 6.92 Å². The zero-order valence-electron chi connectivity index (χ0n) is 17.2. The first-order chi connectivity index (χ1) is 13.8. The highest BCUT2D eigenvalue weighted by atomic mass is 32.2. The Morgan fingerprint density at radius 2 is 2.03 bits per heavy atom. The molecule has 0 aromatic carbocycles. The lowest BCUT2D eigenvalue weighted by Crippen LogP contribution is -2.66. The van der Waals surface area contributed by atoms with Gasteiger partial charge in [-0.15, -0.1) is 11.8 Å². The smallest absolute Gasteiger partial charge is 0.353 e. The van der Waals surface area contributed by atoms with Crippen LogP contribution in [0.3, 0.4) is 0 Å². The number of carbonyl (C=O) groups is 3. The third-order valence-corrected chi connectivity index (χ3v) is 8.02. The van der Waals surface area contributed by atoms with Crippen molar-refractivity contribution in [3.63, 3.8) is 0 Å². The number of thioether (sulfide) groups is 1. The molecule has 0 spiro atoms. The lowest BCUT2D eigenvalue weighted by Gasteiger charge is -2.47. The number of aliphatic carboxylic acids is 1. The molecule has 0 aromatic heterocycles. The van der Waals surface area contributed by atoms with Gasteiger partial charge < -0.3 is 20.2 Å². The number of hydrogen-bond donors (Lipinski definition) is 4. The van der Waals surface area contributed by atoms with Crippen molar-refractivity contribution in [2.45, 2.75) is 43.6 Å². The maximum absolute atomic E-state index is 12.7. The second kappa shape index (κ2) is 8.11. The van der Waals surface area contributed by atoms with Crippen molar-refractivity contribution in [2.24, 2.45) is 17.0 Å². The van der Waals surface area contributed by atoms with E-state index in [4.69, 9.17) is 5.14 Å². The lowest BCUT2D eigenvalue weighted by molar-refractivity contribution is -0.157. The van der Waals surface area contributed by atoms with E-state index in [9.17, 15) is 27.9 Å². The van der Waals surface area contributed by atoms with Gasteiger partial charge in [0.05, 0.1) is 18.0 Å². The van der Waals surface area contributed by atoms with Crippen LogP contribution in [0, 0.1) is 11.8 Å². The predicted octanol–water partition coefficient (Wildman–Crippen LogP) is -1.51. The van der Waals surface area contributed by atoms with Crippen LogP contribution in [0.1, 0.15) is 20.3 Å². The summed E-state index contributed by atoms with van der Waals surface area (Å²) in [6.45, 7) is 3.92. The van der Waals surface area contributed by atoms with Gasteiger partial charge in [0.1, 0.15) is 5.70 Å². The normalized spacial score (nSPS) is 32.1. The van der Waals surface area contributed by atoms with Crippen LogP contribution in [-0.2, 0) is 24.6 Å². The largest absolute Gasteiger partial charge is 0.477 e. The summed E-state index contributed by atoms with van der Waals surface area (Å²) in [7, 11) is -0.632. The van der Waals surface area contributed by atoms with Gasteiger partial charge in [-0.1, -0.05) is 6.92 Å². The molecule has 2 saturated heterocycles. The van der Waals surface area contributed by atoms with Crippen molar-refractivity contribution in [1.82, 2.24) is 19.8 Å². The molecule has 6 atom stereocenters. The fraction of sp³-hybridized carbons (Fsp3) is 0.706. The summed E-state index contributed by atoms with van der Waals surface area (Å²) >= 11 is 1.38. The Labute approximate surface area is 179 Å². The molecular formula is C17H27N5O6S2. The molecule has 3 heterocycles. The monoisotopic (exact) mass is 461 g/mol. The Bertz CT molecular complexity index is 904. The number of carbonyl (C=O) groups excluding carboxylic acids is 2. The van der Waals surface area contributed by atoms with E-state index in [1.54, 1.807) is 21.0 Å². The van der Waals surface area contributed by atoms with Crippen molar-refractivity contribution in [3.8, 4) is 0 Å². The number of likely N-dealkylation sites (N-methyl/N-ethyl adjacent to an activating group) is 1. The van der Waals surface area contributed by atoms with Crippen molar-refractivity contribution in [2.75, 3.05) is 20.6 Å². The fourth-order valence-electron chi connectivity index (χ4n) is 4.50. The number of carboxylic acids is 1. The van der Waals surface area contributed by atoms with Gasteiger partial charge in [-0.2, -0.15) is 13.1 Å². The van der Waals surface area contributed by atoms with Gasteiger partial charge in [-0.25, -0.2) is 9.93 Å². The first-order valence-corrected chi connectivity index (χ1v) is 12.0. The van der Waals surface area contributed by atoms with E-state index < -0.39 is 40.1 Å². The number of nitrogens with zero attached hydrogens (tertiary/aromatic N) is 2. The minimum absolute atomic E-state index is 0.0158. The number of β-lactam (4-membered cyclic amide) rings is 1. The summed E-state index contributed by atoms with van der Waals surface area (Å²) in [5.74, 6) is -2.65. The molecule has 13 heteroatoms. The quantitative estimate of drug-likeness (QED) is 0.333. The molecule has 0 aromatic rings. The first-order valence-electron chi connectivity index (χ1n) is 9.55. The molecular weight excluding hydrogens is 434 g/mol. The van der Waals surface area contributed by atoms with E-state index in [0.29, 0.717) is 17.9 Å². The standard InChI is InChI=1S/C17H27N5O6S2/c1-7-12-11(8(2)20-30(18,27)28)16(24)22(12)13(17(25)26)14(7)29-9-5-10(19-6-9)15(23)21(3)4/h7-12,19-20H,5-6H2,1-4H3,(H,25,26)(H2,18,27,28)/t7-,8?,9+,10+,11-,12-/m1/s1. The molecule has 5 N–H and O–H groups in total. The zero-order valence-corrected chi connectivity index (χ0v) is 18.8. The molecule has 168 valence electrons. The van der Waals surface area contributed by atoms with Crippen LogP contribution in [0.25, 0.3) is 0 Å². The maximum Gasteiger partial charge on any atom is 0.353 e. The SMILES string of the molecule is CC(NS(N)(=O)=O)[C@H]1C(=O)N2C(C(=O)O)=C(S[C@@H]3CN[C@H](C(=O)N(C)C)C3)[C@H](C)[C@H]12. The van der Waals surface area contributed by atoms with Gasteiger partial charge in [0.15, 0.2) is 0 Å². The van der Waals surface area contributed by atoms with E-state index >= 15 is 0 Å². The highest BCUT2D eigenvalue weighted by Gasteiger charge is 2.60. The van der Waals surface area contributed by atoms with E-state index in [1.165, 1.54) is 21.6 Å². The highest BCUT2D eigenvalue weighted by Crippen LogP contribution is 2.51. The molecule has 3 aliphatic rings. The minimum atomic E-state index is -4.00. The molecule has 11 nitrogen and oxygen atoms in total. The molecule has 0 bridgehead atoms. The number of nitrogens with two attached hydrogens (primary N) is 1. The van der Waals surface area contributed by atoms with Gasteiger partial charge in [0.25, 0.3) is 10.2 Å². The van der Waals surface area contributed by atoms with Gasteiger partial charge >= 0.3 is 5.97 Å². The molecule has 30 heavy (non-hydrogen) atoms. The predicted molar refractivity (Wildman–Crippen MR) is 110 cm³/mol. The average Bonchev–Trinajstić information content (AvgIpc) is 3.15. The van der Waals surface area contributed by atoms with E-state index in [2.05, 4.69) is 10.0 Å². The minimum Gasteiger partial charge on any atom is -0.477 e. The van der Waals surface area contributed by atoms with Crippen LogP contribution in [0.15, 0.2) is 10.6 Å². The second-order valence-corrected chi connectivity index (χ2v) is 10.8. The Balaban J connectivity index is 1.78. The molecule has 2 amide bonds. The van der Waals surface area contributed by atoms with Gasteiger partial charge in [-0.3, -0.25) is 9.59 Å². The lowest BCUT2D eigenvalue weighted by atomic mass is 9.78. The summed E-state index contributed by atoms with van der Waals surface area (Å²) in [4.78, 5) is 40.2. The Morgan fingerprint density at radius 3 is 2.57 bits per heavy atom. The van der Waals surface area contributed by atoms with Crippen LogP contribution < -0.4 is 15.2 Å². The average molecular weight is 462 g/mol. The molecule has 3 aliphatic heterocycles. The van der Waals surface area contributed by atoms with Gasteiger partial charge in [0.2, 0.25) is 11.8 Å². The van der Waals surface area contributed by atoms with E-state index in [-0.39, 0.29) is 28.8 Å². The molecule has 0 aliphatic carbocycles. The second-order valence-electron chi connectivity index (χ2n) is 8.15. The zero-order chi connectivity index (χ0) is 22.5. The van der Waals surface area contributed by atoms with Crippen LogP contribution in [-0.4, -0.2) is 85.1 Å². The number of carboxylic acid groups (broad SMARTS) is 1. The number of nitrogens with one attached hydrogen (secondary N) is 2. The van der Waals surface area contributed by atoms with Crippen LogP contribution in [0.2, 0.25) is 0 Å². The molecule has 0 radical (unpaired) electrons. The molecule has 3 rings (SSSR count). The summed E-state index contributed by atoms with van der Waals surface area (Å²) < 4.78 is 24.9. The summed E-state index contributed by atoms with van der Waals surface area (Å²) in [5.41, 5.74) is -0.0519. The Hall–Kier alpha value is -1.67. The summed E-state index contributed by atoms with van der Waals surface area (Å²) in [6, 6.07) is -1.54. The highest BCUT2D eigenvalue weighted by molar-refractivity contribution is 8.03. The van der Waals surface area contributed by atoms with Crippen LogP contribution in [0.4, 0.5) is 0 Å². The molecule has 1 unspecified atom stereocenters. The molecule has 0 saturated carbocycles. The molecule has 2 fully saturated rings. The topological polar surface area (TPSA) is 162 Å². The maximum atomic E-state index is 12.7. The first kappa shape index (κ1) is 23.0. The number of amides is 2. The summed E-state index contributed by atoms with van der Waals surface area (Å²) in [6.07, 6.45) is 0.552. The Morgan fingerprint density at radius 1 is 1.40 bits per heavy atom. The van der Waals surface area contributed by atoms with Crippen LogP contribution in [0.5, 0.6) is 0 Å². The van der Waals surface area contributed by atoms with Gasteiger partial charge in [0, 0.05) is 42.8 Å². The summed E-state index contributed by atoms with van der Waals surface area (Å²) in [5, 5.41) is 17.9.